The van der Waals surface area contributed by atoms with Crippen LogP contribution in [0.4, 0.5) is 11.5 Å². The third-order valence-corrected chi connectivity index (χ3v) is 2.80. The number of aromatic nitrogens is 1. The normalized spacial score (nSPS) is 10.1. The van der Waals surface area contributed by atoms with Gasteiger partial charge in [0.1, 0.15) is 11.6 Å². The van der Waals surface area contributed by atoms with E-state index < -0.39 is 0 Å². The molecule has 0 spiro atoms. The molecule has 2 rings (SSSR count). The lowest BCUT2D eigenvalue weighted by atomic mass is 10.2. The van der Waals surface area contributed by atoms with Gasteiger partial charge in [-0.05, 0) is 24.6 Å². The summed E-state index contributed by atoms with van der Waals surface area (Å²) >= 11 is 0. The number of nitrogens with zero attached hydrogens (tertiary/aromatic N) is 1. The molecule has 0 fully saturated rings. The quantitative estimate of drug-likeness (QED) is 0.866. The van der Waals surface area contributed by atoms with Crippen molar-refractivity contribution in [3.8, 4) is 5.75 Å². The molecule has 94 valence electrons. The maximum absolute atomic E-state index is 5.73. The number of benzene rings is 1. The summed E-state index contributed by atoms with van der Waals surface area (Å²) in [6.45, 7) is 2.63. The zero-order valence-corrected chi connectivity index (χ0v) is 10.6. The number of rotatable bonds is 4. The van der Waals surface area contributed by atoms with Crippen molar-refractivity contribution in [2.24, 2.45) is 0 Å². The summed E-state index contributed by atoms with van der Waals surface area (Å²) in [5.41, 5.74) is 8.55. The number of nitrogens with one attached hydrogen (secondary N) is 1. The molecular formula is C14H17N3O. The molecule has 1 aromatic heterocycles. The van der Waals surface area contributed by atoms with Crippen molar-refractivity contribution in [1.82, 2.24) is 4.98 Å². The highest BCUT2D eigenvalue weighted by Gasteiger charge is 2.02. The van der Waals surface area contributed by atoms with Crippen molar-refractivity contribution in [1.29, 1.82) is 0 Å². The van der Waals surface area contributed by atoms with Gasteiger partial charge in [-0.15, -0.1) is 0 Å². The molecule has 1 heterocycles. The van der Waals surface area contributed by atoms with Gasteiger partial charge in [-0.2, -0.15) is 0 Å². The lowest BCUT2D eigenvalue weighted by Gasteiger charge is -2.10. The van der Waals surface area contributed by atoms with Crippen LogP contribution in [-0.4, -0.2) is 12.1 Å². The summed E-state index contributed by atoms with van der Waals surface area (Å²) in [6, 6.07) is 9.84. The van der Waals surface area contributed by atoms with Gasteiger partial charge < -0.3 is 15.8 Å². The third-order valence-electron chi connectivity index (χ3n) is 2.80. The Hall–Kier alpha value is -2.23. The number of aryl methyl sites for hydroxylation is 1. The predicted molar refractivity (Wildman–Crippen MR) is 73.7 cm³/mol. The Bertz CT molecular complexity index is 540. The van der Waals surface area contributed by atoms with E-state index in [1.807, 2.05) is 37.3 Å². The molecular weight excluding hydrogens is 226 g/mol. The molecule has 4 nitrogen and oxygen atoms in total. The zero-order chi connectivity index (χ0) is 13.0. The van der Waals surface area contributed by atoms with Gasteiger partial charge in [0, 0.05) is 12.1 Å². The third kappa shape index (κ3) is 2.71. The van der Waals surface area contributed by atoms with Crippen LogP contribution in [0.2, 0.25) is 0 Å². The molecule has 0 saturated heterocycles. The lowest BCUT2D eigenvalue weighted by Crippen LogP contribution is -2.04. The summed E-state index contributed by atoms with van der Waals surface area (Å²) in [5.74, 6) is 1.68. The predicted octanol–water partition coefficient (Wildman–Crippen LogP) is 2.59. The van der Waals surface area contributed by atoms with Gasteiger partial charge in [-0.25, -0.2) is 4.98 Å². The number of para-hydroxylation sites is 1. The Morgan fingerprint density at radius 3 is 2.83 bits per heavy atom. The van der Waals surface area contributed by atoms with Crippen molar-refractivity contribution in [3.63, 3.8) is 0 Å². The van der Waals surface area contributed by atoms with Crippen LogP contribution >= 0.6 is 0 Å². The Labute approximate surface area is 107 Å². The van der Waals surface area contributed by atoms with Gasteiger partial charge in [-0.1, -0.05) is 18.2 Å². The Kier molecular flexibility index (Phi) is 3.67. The smallest absolute Gasteiger partial charge is 0.126 e. The highest BCUT2D eigenvalue weighted by Crippen LogP contribution is 2.19. The minimum atomic E-state index is 0.667. The van der Waals surface area contributed by atoms with Gasteiger partial charge in [0.05, 0.1) is 19.0 Å². The number of methoxy groups -OCH3 is 1. The van der Waals surface area contributed by atoms with Gasteiger partial charge in [0.2, 0.25) is 0 Å². The average molecular weight is 243 g/mol. The number of hydrogen-bond acceptors (Lipinski definition) is 4. The summed E-state index contributed by atoms with van der Waals surface area (Å²) in [4.78, 5) is 4.23. The standard InChI is InChI=1S/C14H17N3O/c1-10-7-14(17-9-12(10)15)16-8-11-5-3-4-6-13(11)18-2/h3-7,9H,8,15H2,1-2H3,(H,16,17). The molecule has 0 radical (unpaired) electrons. The van der Waals surface area contributed by atoms with Crippen LogP contribution < -0.4 is 15.8 Å². The topological polar surface area (TPSA) is 60.2 Å². The molecule has 2 aromatic rings. The summed E-state index contributed by atoms with van der Waals surface area (Å²) in [6.07, 6.45) is 1.67. The van der Waals surface area contributed by atoms with E-state index in [-0.39, 0.29) is 0 Å². The fourth-order valence-corrected chi connectivity index (χ4v) is 1.70. The highest BCUT2D eigenvalue weighted by atomic mass is 16.5. The number of pyridine rings is 1. The first kappa shape index (κ1) is 12.2. The first-order chi connectivity index (χ1) is 8.70. The number of hydrogen-bond donors (Lipinski definition) is 2. The Morgan fingerprint density at radius 1 is 1.33 bits per heavy atom. The van der Waals surface area contributed by atoms with E-state index in [2.05, 4.69) is 10.3 Å². The molecule has 4 heteroatoms. The van der Waals surface area contributed by atoms with Crippen molar-refractivity contribution in [2.45, 2.75) is 13.5 Å². The van der Waals surface area contributed by atoms with Crippen LogP contribution in [0.15, 0.2) is 36.5 Å². The minimum absolute atomic E-state index is 0.667. The molecule has 0 amide bonds. The van der Waals surface area contributed by atoms with Crippen LogP contribution in [0.5, 0.6) is 5.75 Å². The van der Waals surface area contributed by atoms with E-state index in [0.717, 1.165) is 22.7 Å². The number of nitrogen functional groups attached to an aromatic ring is 1. The van der Waals surface area contributed by atoms with Gasteiger partial charge in [0.15, 0.2) is 0 Å². The Balaban J connectivity index is 2.09. The molecule has 1 aromatic carbocycles. The molecule has 0 unspecified atom stereocenters. The second-order valence-electron chi connectivity index (χ2n) is 4.09. The largest absolute Gasteiger partial charge is 0.496 e. The second kappa shape index (κ2) is 5.40. The molecule has 0 aliphatic carbocycles. The van der Waals surface area contributed by atoms with Crippen LogP contribution in [0.1, 0.15) is 11.1 Å². The summed E-state index contributed by atoms with van der Waals surface area (Å²) in [7, 11) is 1.67. The zero-order valence-electron chi connectivity index (χ0n) is 10.6. The maximum atomic E-state index is 5.73. The van der Waals surface area contributed by atoms with Crippen molar-refractivity contribution in [2.75, 3.05) is 18.2 Å². The first-order valence-electron chi connectivity index (χ1n) is 5.78. The minimum Gasteiger partial charge on any atom is -0.496 e. The van der Waals surface area contributed by atoms with E-state index in [0.29, 0.717) is 12.2 Å². The van der Waals surface area contributed by atoms with E-state index in [1.54, 1.807) is 13.3 Å². The van der Waals surface area contributed by atoms with E-state index >= 15 is 0 Å². The van der Waals surface area contributed by atoms with Gasteiger partial charge in [0.25, 0.3) is 0 Å². The summed E-state index contributed by atoms with van der Waals surface area (Å²) < 4.78 is 5.30. The monoisotopic (exact) mass is 243 g/mol. The molecule has 3 N–H and O–H groups in total. The van der Waals surface area contributed by atoms with Crippen molar-refractivity contribution < 1.29 is 4.74 Å². The molecule has 0 bridgehead atoms. The molecule has 0 atom stereocenters. The van der Waals surface area contributed by atoms with Crippen LogP contribution in [-0.2, 0) is 6.54 Å². The molecule has 0 aliphatic heterocycles. The second-order valence-corrected chi connectivity index (χ2v) is 4.09. The maximum Gasteiger partial charge on any atom is 0.126 e. The van der Waals surface area contributed by atoms with Crippen molar-refractivity contribution >= 4 is 11.5 Å². The molecule has 0 aliphatic rings. The lowest BCUT2D eigenvalue weighted by molar-refractivity contribution is 0.410. The van der Waals surface area contributed by atoms with Crippen LogP contribution in [0.3, 0.4) is 0 Å². The van der Waals surface area contributed by atoms with E-state index in [9.17, 15) is 0 Å². The van der Waals surface area contributed by atoms with E-state index in [1.165, 1.54) is 0 Å². The molecule has 0 saturated carbocycles. The molecule has 18 heavy (non-hydrogen) atoms. The van der Waals surface area contributed by atoms with Gasteiger partial charge in [-0.3, -0.25) is 0 Å². The fourth-order valence-electron chi connectivity index (χ4n) is 1.70. The summed E-state index contributed by atoms with van der Waals surface area (Å²) in [5, 5.41) is 3.26. The number of ether oxygens (including phenoxy) is 1. The van der Waals surface area contributed by atoms with E-state index in [4.69, 9.17) is 10.5 Å². The Morgan fingerprint density at radius 2 is 2.11 bits per heavy atom. The van der Waals surface area contributed by atoms with Crippen LogP contribution in [0.25, 0.3) is 0 Å². The van der Waals surface area contributed by atoms with Gasteiger partial charge >= 0.3 is 0 Å². The SMILES string of the molecule is COc1ccccc1CNc1cc(C)c(N)cn1. The first-order valence-corrected chi connectivity index (χ1v) is 5.78. The number of anilines is 2. The fraction of sp³-hybridized carbons (Fsp3) is 0.214. The number of nitrogens with two attached hydrogens (primary N) is 1. The highest BCUT2D eigenvalue weighted by molar-refractivity contribution is 5.51. The van der Waals surface area contributed by atoms with Crippen LogP contribution in [0, 0.1) is 6.92 Å². The van der Waals surface area contributed by atoms with Crippen molar-refractivity contribution in [3.05, 3.63) is 47.7 Å². The average Bonchev–Trinajstić information content (AvgIpc) is 2.40.